The van der Waals surface area contributed by atoms with E-state index in [0.29, 0.717) is 49.4 Å². The van der Waals surface area contributed by atoms with Crippen LogP contribution >= 0.6 is 0 Å². The van der Waals surface area contributed by atoms with Gasteiger partial charge in [-0.05, 0) is 137 Å². The largest absolute Gasteiger partial charge is 0.465 e. The number of methoxy groups -OCH3 is 2. The van der Waals surface area contributed by atoms with Crippen molar-refractivity contribution in [2.24, 2.45) is 47.3 Å². The molecule has 1 aromatic rings. The lowest BCUT2D eigenvalue weighted by Gasteiger charge is -2.60. The van der Waals surface area contributed by atoms with E-state index in [2.05, 4.69) is 27.7 Å². The third-order valence-electron chi connectivity index (χ3n) is 16.1. The first-order chi connectivity index (χ1) is 26.8. The van der Waals surface area contributed by atoms with Gasteiger partial charge in [-0.1, -0.05) is 27.7 Å². The number of fused-ring (bicyclic) bond motifs is 4. The quantitative estimate of drug-likeness (QED) is 0.190. The number of carbonyl (C=O) groups is 2. The highest BCUT2D eigenvalue weighted by atomic mass is 17.3. The van der Waals surface area contributed by atoms with Crippen LogP contribution < -0.4 is 0 Å². The number of ether oxygens (including phenoxy) is 6. The van der Waals surface area contributed by atoms with E-state index in [1.54, 1.807) is 0 Å². The minimum absolute atomic E-state index is 0.114. The molecule has 56 heavy (non-hydrogen) atoms. The molecule has 8 saturated heterocycles. The smallest absolute Gasteiger partial charge is 0.338 e. The maximum Gasteiger partial charge on any atom is 0.338 e. The maximum atomic E-state index is 13.2. The topological polar surface area (TPSA) is 126 Å². The molecule has 0 aromatic heterocycles. The summed E-state index contributed by atoms with van der Waals surface area (Å²) in [6.07, 6.45) is 9.16. The number of hydrogen-bond acceptors (Lipinski definition) is 12. The highest BCUT2D eigenvalue weighted by molar-refractivity contribution is 6.03. The van der Waals surface area contributed by atoms with Crippen molar-refractivity contribution in [2.75, 3.05) is 14.2 Å². The minimum atomic E-state index is -0.845. The molecule has 0 unspecified atom stereocenters. The molecular formula is C44H62O12. The molecule has 16 atom stereocenters. The summed E-state index contributed by atoms with van der Waals surface area (Å²) in [6, 6.07) is 3.66. The van der Waals surface area contributed by atoms with Gasteiger partial charge in [-0.3, -0.25) is 0 Å². The van der Waals surface area contributed by atoms with E-state index in [9.17, 15) is 9.59 Å². The molecule has 2 saturated carbocycles. The van der Waals surface area contributed by atoms with Crippen LogP contribution in [0.15, 0.2) is 12.1 Å². The molecule has 4 bridgehead atoms. The van der Waals surface area contributed by atoms with Gasteiger partial charge in [0.1, 0.15) is 0 Å². The second kappa shape index (κ2) is 14.2. The summed E-state index contributed by atoms with van der Waals surface area (Å²) in [7, 11) is 2.66. The molecule has 0 amide bonds. The summed E-state index contributed by atoms with van der Waals surface area (Å²) in [5.41, 5.74) is 1.08. The van der Waals surface area contributed by atoms with Crippen LogP contribution in [0.1, 0.15) is 138 Å². The lowest BCUT2D eigenvalue weighted by Crippen LogP contribution is -2.70. The monoisotopic (exact) mass is 782 g/mol. The van der Waals surface area contributed by atoms with E-state index in [4.69, 9.17) is 48.0 Å². The van der Waals surface area contributed by atoms with Crippen LogP contribution in [0.3, 0.4) is 0 Å². The standard InChI is InChI=1S/C44H62O12/c1-23-9-13-33-25(3)35(49-39-43(33)31(23)17-19-41(5,51-39)53-55-43)15-11-27-21-29(37(45)47-7)30(38(46)48-8)22-28(27)12-16-36-26(4)34-14-10-24(2)32-18-20-42(6)52-40(50-36)44(32,34)56-54-42/h21-26,31-36,39-40H,9-20H2,1-8H3/t23-,24-,25-,26-,31+,32+,33+,34+,35-,36-,39-,40-,41-,42-,43-,44-/m1/s1. The summed E-state index contributed by atoms with van der Waals surface area (Å²) in [5.74, 6) is -0.489. The van der Waals surface area contributed by atoms with Crippen molar-refractivity contribution in [1.82, 2.24) is 0 Å². The van der Waals surface area contributed by atoms with E-state index >= 15 is 0 Å². The molecule has 8 heterocycles. The fourth-order valence-corrected chi connectivity index (χ4v) is 12.9. The van der Waals surface area contributed by atoms with Crippen LogP contribution in [0.4, 0.5) is 0 Å². The highest BCUT2D eigenvalue weighted by Gasteiger charge is 2.70. The fraction of sp³-hybridized carbons (Fsp3) is 0.818. The van der Waals surface area contributed by atoms with Crippen molar-refractivity contribution in [1.29, 1.82) is 0 Å². The van der Waals surface area contributed by atoms with Crippen LogP contribution in [-0.4, -0.2) is 73.7 Å². The number of benzene rings is 1. The molecule has 12 heteroatoms. The van der Waals surface area contributed by atoms with Crippen molar-refractivity contribution in [3.05, 3.63) is 34.4 Å². The molecule has 12 nitrogen and oxygen atoms in total. The average Bonchev–Trinajstić information content (AvgIpc) is 3.57. The number of rotatable bonds is 8. The Balaban J connectivity index is 0.995. The van der Waals surface area contributed by atoms with Crippen molar-refractivity contribution < 1.29 is 57.6 Å². The molecule has 11 rings (SSSR count). The Hall–Kier alpha value is -2.16. The normalized spacial score (nSPS) is 47.6. The summed E-state index contributed by atoms with van der Waals surface area (Å²) >= 11 is 0. The zero-order valence-corrected chi connectivity index (χ0v) is 34.5. The second-order valence-corrected chi connectivity index (χ2v) is 19.1. The second-order valence-electron chi connectivity index (χ2n) is 19.1. The van der Waals surface area contributed by atoms with Crippen LogP contribution in [-0.2, 0) is 60.8 Å². The lowest BCUT2D eigenvalue weighted by molar-refractivity contribution is -0.571. The fourth-order valence-electron chi connectivity index (χ4n) is 12.9. The summed E-state index contributed by atoms with van der Waals surface area (Å²) in [5, 5.41) is 0. The highest BCUT2D eigenvalue weighted by Crippen LogP contribution is 2.62. The molecule has 1 aromatic carbocycles. The van der Waals surface area contributed by atoms with Gasteiger partial charge in [0, 0.05) is 24.7 Å². The lowest BCUT2D eigenvalue weighted by atomic mass is 9.57. The SMILES string of the molecule is COC(=O)c1cc(CC[C@H]2O[C@@H]3O[C@@]4(C)CC[C@H]5[C@H](C)CC[C@@H]([C@H]2C)[C@@]35OO4)c(CC[C@H]2O[C@@H]3O[C@@]4(C)CC[C@H]5[C@H](C)CC[C@@H]([C@H]2C)[C@@]35OO4)cc1C(=O)OC. The van der Waals surface area contributed by atoms with Gasteiger partial charge in [0.05, 0.1) is 37.6 Å². The number of carbonyl (C=O) groups excluding carboxylic acids is 2. The predicted molar refractivity (Wildman–Crippen MR) is 199 cm³/mol. The van der Waals surface area contributed by atoms with E-state index in [1.807, 2.05) is 26.0 Å². The zero-order valence-electron chi connectivity index (χ0n) is 34.5. The van der Waals surface area contributed by atoms with Gasteiger partial charge in [-0.15, -0.1) is 0 Å². The van der Waals surface area contributed by atoms with Crippen LogP contribution in [0.2, 0.25) is 0 Å². The molecule has 2 aliphatic carbocycles. The van der Waals surface area contributed by atoms with Gasteiger partial charge in [0.15, 0.2) is 23.8 Å². The van der Waals surface area contributed by atoms with E-state index in [0.717, 1.165) is 62.5 Å². The first-order valence-electron chi connectivity index (χ1n) is 21.5. The van der Waals surface area contributed by atoms with Crippen molar-refractivity contribution >= 4 is 11.9 Å². The van der Waals surface area contributed by atoms with Gasteiger partial charge < -0.3 is 28.4 Å². The third kappa shape index (κ3) is 5.97. The molecule has 8 aliphatic heterocycles. The van der Waals surface area contributed by atoms with Gasteiger partial charge in [0.2, 0.25) is 11.6 Å². The molecule has 10 fully saturated rings. The van der Waals surface area contributed by atoms with E-state index in [1.165, 1.54) is 14.2 Å². The van der Waals surface area contributed by atoms with Crippen LogP contribution in [0, 0.1) is 47.3 Å². The molecule has 0 N–H and O–H groups in total. The van der Waals surface area contributed by atoms with Crippen LogP contribution in [0.25, 0.3) is 0 Å². The average molecular weight is 783 g/mol. The molecule has 10 aliphatic rings. The minimum Gasteiger partial charge on any atom is -0.465 e. The van der Waals surface area contributed by atoms with Crippen molar-refractivity contribution in [3.63, 3.8) is 0 Å². The first kappa shape index (κ1) is 39.3. The Morgan fingerprint density at radius 1 is 0.607 bits per heavy atom. The first-order valence-corrected chi connectivity index (χ1v) is 21.5. The molecule has 0 radical (unpaired) electrons. The Bertz CT molecular complexity index is 1580. The van der Waals surface area contributed by atoms with E-state index < -0.39 is 47.3 Å². The van der Waals surface area contributed by atoms with Gasteiger partial charge >= 0.3 is 11.9 Å². The predicted octanol–water partition coefficient (Wildman–Crippen LogP) is 7.63. The zero-order chi connectivity index (χ0) is 39.4. The molecular weight excluding hydrogens is 720 g/mol. The van der Waals surface area contributed by atoms with Crippen LogP contribution in [0.5, 0.6) is 0 Å². The third-order valence-corrected chi connectivity index (χ3v) is 16.1. The maximum absolute atomic E-state index is 13.2. The van der Waals surface area contributed by atoms with Gasteiger partial charge in [0.25, 0.3) is 0 Å². The number of aryl methyl sites for hydroxylation is 2. The molecule has 310 valence electrons. The van der Waals surface area contributed by atoms with Crippen molar-refractivity contribution in [3.8, 4) is 0 Å². The van der Waals surface area contributed by atoms with E-state index in [-0.39, 0.29) is 47.0 Å². The summed E-state index contributed by atoms with van der Waals surface area (Å²) in [4.78, 5) is 51.3. The Labute approximate surface area is 331 Å². The Morgan fingerprint density at radius 3 is 1.41 bits per heavy atom. The summed E-state index contributed by atoms with van der Waals surface area (Å²) < 4.78 is 37.6. The number of hydrogen-bond donors (Lipinski definition) is 0. The summed E-state index contributed by atoms with van der Waals surface area (Å²) in [6.45, 7) is 13.1. The molecule has 2 spiro atoms. The van der Waals surface area contributed by atoms with Crippen molar-refractivity contribution in [2.45, 2.75) is 166 Å². The Morgan fingerprint density at radius 2 is 1.02 bits per heavy atom. The van der Waals surface area contributed by atoms with Gasteiger partial charge in [-0.25, -0.2) is 29.1 Å². The number of esters is 2. The van der Waals surface area contributed by atoms with Gasteiger partial charge in [-0.2, -0.15) is 0 Å². The Kier molecular flexibility index (Phi) is 10.00.